The predicted molar refractivity (Wildman–Crippen MR) is 110 cm³/mol. The van der Waals surface area contributed by atoms with E-state index in [1.165, 1.54) is 20.1 Å². The average molecular weight is 436 g/mol. The molecular weight excluding hydrogens is 416 g/mol. The highest BCUT2D eigenvalue weighted by Gasteiger charge is 2.58. The molecule has 1 unspecified atom stereocenters. The molecule has 32 heavy (non-hydrogen) atoms. The molecule has 0 saturated carbocycles. The Morgan fingerprint density at radius 2 is 2.09 bits per heavy atom. The summed E-state index contributed by atoms with van der Waals surface area (Å²) in [5.74, 6) is -4.56. The number of hydrogen-bond acceptors (Lipinski definition) is 8. The van der Waals surface area contributed by atoms with Crippen molar-refractivity contribution in [2.45, 2.75) is 25.8 Å². The summed E-state index contributed by atoms with van der Waals surface area (Å²) < 4.78 is 11.1. The largest absolute Gasteiger partial charge is 0.507 e. The quantitative estimate of drug-likeness (QED) is 0.676. The molecule has 0 bridgehead atoms. The fraction of sp³-hybridized carbons (Fsp3) is 0.261. The Hall–Kier alpha value is -4.01. The Kier molecular flexibility index (Phi) is 5.04. The number of allylic oxidation sites excluding steroid dienone is 2. The van der Waals surface area contributed by atoms with Crippen molar-refractivity contribution in [1.82, 2.24) is 10.3 Å². The maximum Gasteiger partial charge on any atom is 0.259 e. The standard InChI is InChI=1S/C23H20N2O7/c1-11(26)17-13(27)8-16-23(2,21(17)29)19-14(28)7-15(31-3)18(20(19)32-16)22(30)25-10-12-5-4-6-24-9-12/h4-9,17,28H,10H2,1-3H3,(H,25,30)/t17?,23-/m1/s1. The van der Waals surface area contributed by atoms with Gasteiger partial charge in [-0.15, -0.1) is 0 Å². The van der Waals surface area contributed by atoms with E-state index in [1.54, 1.807) is 24.5 Å². The Morgan fingerprint density at radius 1 is 1.34 bits per heavy atom. The van der Waals surface area contributed by atoms with E-state index in [9.17, 15) is 24.3 Å². The van der Waals surface area contributed by atoms with Gasteiger partial charge in [-0.2, -0.15) is 0 Å². The molecule has 2 heterocycles. The Balaban J connectivity index is 1.82. The normalized spacial score (nSPS) is 21.2. The summed E-state index contributed by atoms with van der Waals surface area (Å²) in [5, 5.41) is 13.5. The van der Waals surface area contributed by atoms with Crippen LogP contribution in [0.2, 0.25) is 0 Å². The molecule has 1 aromatic heterocycles. The lowest BCUT2D eigenvalue weighted by Gasteiger charge is -2.30. The van der Waals surface area contributed by atoms with Crippen LogP contribution in [0.5, 0.6) is 17.2 Å². The highest BCUT2D eigenvalue weighted by molar-refractivity contribution is 6.27. The van der Waals surface area contributed by atoms with Crippen LogP contribution in [0.1, 0.15) is 35.3 Å². The summed E-state index contributed by atoms with van der Waals surface area (Å²) in [6.45, 7) is 2.78. The summed E-state index contributed by atoms with van der Waals surface area (Å²) in [7, 11) is 1.32. The predicted octanol–water partition coefficient (Wildman–Crippen LogP) is 1.62. The molecule has 0 spiro atoms. The number of pyridine rings is 1. The first-order valence-electron chi connectivity index (χ1n) is 9.80. The average Bonchev–Trinajstić information content (AvgIpc) is 3.06. The van der Waals surface area contributed by atoms with Gasteiger partial charge in [-0.25, -0.2) is 0 Å². The molecule has 0 saturated heterocycles. The number of Topliss-reactive ketones (excluding diaryl/α,β-unsaturated/α-hetero) is 2. The number of hydrogen-bond donors (Lipinski definition) is 2. The van der Waals surface area contributed by atoms with E-state index in [1.807, 2.05) is 0 Å². The molecule has 2 aromatic rings. The van der Waals surface area contributed by atoms with Gasteiger partial charge in [0.2, 0.25) is 0 Å². The number of phenols is 1. The van der Waals surface area contributed by atoms with Gasteiger partial charge < -0.3 is 19.9 Å². The van der Waals surface area contributed by atoms with E-state index < -0.39 is 34.6 Å². The summed E-state index contributed by atoms with van der Waals surface area (Å²) in [5.41, 5.74) is -0.876. The number of carbonyl (C=O) groups is 4. The van der Waals surface area contributed by atoms with Crippen LogP contribution < -0.4 is 14.8 Å². The second kappa shape index (κ2) is 7.60. The molecular formula is C23H20N2O7. The molecule has 1 aromatic carbocycles. The molecule has 1 amide bonds. The summed E-state index contributed by atoms with van der Waals surface area (Å²) in [6, 6.07) is 4.73. The topological polar surface area (TPSA) is 132 Å². The zero-order chi connectivity index (χ0) is 23.2. The third kappa shape index (κ3) is 3.05. The minimum atomic E-state index is -1.60. The molecule has 0 radical (unpaired) electrons. The minimum absolute atomic E-state index is 0.0137. The fourth-order valence-electron chi connectivity index (χ4n) is 4.13. The molecule has 2 atom stereocenters. The number of ether oxygens (including phenoxy) is 2. The van der Waals surface area contributed by atoms with Gasteiger partial charge in [-0.3, -0.25) is 24.2 Å². The molecule has 1 aliphatic carbocycles. The molecule has 4 rings (SSSR count). The Bertz CT molecular complexity index is 1200. The van der Waals surface area contributed by atoms with Gasteiger partial charge >= 0.3 is 0 Å². The number of aromatic hydroxyl groups is 1. The number of nitrogens with one attached hydrogen (secondary N) is 1. The van der Waals surface area contributed by atoms with Crippen LogP contribution in [0.3, 0.4) is 0 Å². The van der Waals surface area contributed by atoms with Crippen LogP contribution in [0, 0.1) is 5.92 Å². The smallest absolute Gasteiger partial charge is 0.259 e. The van der Waals surface area contributed by atoms with Gasteiger partial charge in [-0.1, -0.05) is 6.07 Å². The first kappa shape index (κ1) is 21.2. The van der Waals surface area contributed by atoms with Crippen LogP contribution in [-0.4, -0.2) is 40.5 Å². The number of benzene rings is 1. The molecule has 1 aliphatic heterocycles. The number of amides is 1. The summed E-state index contributed by atoms with van der Waals surface area (Å²) in [6.07, 6.45) is 4.29. The van der Waals surface area contributed by atoms with Crippen molar-refractivity contribution in [2.24, 2.45) is 5.92 Å². The summed E-state index contributed by atoms with van der Waals surface area (Å²) >= 11 is 0. The van der Waals surface area contributed by atoms with Crippen molar-refractivity contribution in [3.63, 3.8) is 0 Å². The highest BCUT2D eigenvalue weighted by atomic mass is 16.5. The van der Waals surface area contributed by atoms with Crippen LogP contribution in [0.25, 0.3) is 0 Å². The zero-order valence-corrected chi connectivity index (χ0v) is 17.6. The third-order valence-corrected chi connectivity index (χ3v) is 5.77. The number of nitrogens with zero attached hydrogens (tertiary/aromatic N) is 1. The van der Waals surface area contributed by atoms with Crippen molar-refractivity contribution in [1.29, 1.82) is 0 Å². The number of phenolic OH excluding ortho intramolecular Hbond substituents is 1. The maximum atomic E-state index is 13.2. The van der Waals surface area contributed by atoms with E-state index in [2.05, 4.69) is 10.3 Å². The number of fused-ring (bicyclic) bond motifs is 3. The van der Waals surface area contributed by atoms with Gasteiger partial charge in [0.15, 0.2) is 17.3 Å². The molecule has 9 nitrogen and oxygen atoms in total. The highest BCUT2D eigenvalue weighted by Crippen LogP contribution is 2.56. The van der Waals surface area contributed by atoms with Crippen LogP contribution in [0.4, 0.5) is 0 Å². The second-order valence-corrected chi connectivity index (χ2v) is 7.77. The van der Waals surface area contributed by atoms with E-state index >= 15 is 0 Å². The van der Waals surface area contributed by atoms with Crippen LogP contribution >= 0.6 is 0 Å². The van der Waals surface area contributed by atoms with Crippen molar-refractivity contribution >= 4 is 23.3 Å². The molecule has 0 fully saturated rings. The number of rotatable bonds is 5. The van der Waals surface area contributed by atoms with Gasteiger partial charge in [0, 0.05) is 31.1 Å². The molecule has 9 heteroatoms. The van der Waals surface area contributed by atoms with Gasteiger partial charge in [0.25, 0.3) is 5.91 Å². The van der Waals surface area contributed by atoms with Crippen LogP contribution in [0.15, 0.2) is 42.4 Å². The van der Waals surface area contributed by atoms with Crippen molar-refractivity contribution < 1.29 is 33.8 Å². The Morgan fingerprint density at radius 3 is 2.72 bits per heavy atom. The lowest BCUT2D eigenvalue weighted by molar-refractivity contribution is -0.140. The first-order valence-corrected chi connectivity index (χ1v) is 9.80. The minimum Gasteiger partial charge on any atom is -0.507 e. The van der Waals surface area contributed by atoms with Gasteiger partial charge in [-0.05, 0) is 25.5 Å². The van der Waals surface area contributed by atoms with E-state index in [0.717, 1.165) is 18.6 Å². The van der Waals surface area contributed by atoms with Crippen molar-refractivity contribution in [2.75, 3.05) is 7.11 Å². The molecule has 2 aliphatic rings. The van der Waals surface area contributed by atoms with Crippen LogP contribution in [-0.2, 0) is 26.3 Å². The number of aromatic nitrogens is 1. The zero-order valence-electron chi connectivity index (χ0n) is 17.6. The van der Waals surface area contributed by atoms with Gasteiger partial charge in [0.05, 0.1) is 12.7 Å². The second-order valence-electron chi connectivity index (χ2n) is 7.77. The van der Waals surface area contributed by atoms with E-state index in [-0.39, 0.29) is 40.7 Å². The van der Waals surface area contributed by atoms with Crippen molar-refractivity contribution in [3.8, 4) is 17.2 Å². The maximum absolute atomic E-state index is 13.2. The molecule has 2 N–H and O–H groups in total. The lowest BCUT2D eigenvalue weighted by Crippen LogP contribution is -2.47. The van der Waals surface area contributed by atoms with Crippen molar-refractivity contribution in [3.05, 3.63) is 59.1 Å². The molecule has 164 valence electrons. The number of methoxy groups -OCH3 is 1. The number of carbonyl (C=O) groups excluding carboxylic acids is 4. The fourth-order valence-corrected chi connectivity index (χ4v) is 4.13. The summed E-state index contributed by atoms with van der Waals surface area (Å²) in [4.78, 5) is 54.7. The lowest BCUT2D eigenvalue weighted by atomic mass is 9.67. The Labute approximate surface area is 183 Å². The van der Waals surface area contributed by atoms with E-state index in [0.29, 0.717) is 0 Å². The number of ketones is 3. The van der Waals surface area contributed by atoms with E-state index in [4.69, 9.17) is 9.47 Å². The first-order chi connectivity index (χ1) is 15.2. The van der Waals surface area contributed by atoms with Gasteiger partial charge in [0.1, 0.15) is 39.9 Å². The SMILES string of the molecule is COc1cc(O)c2c(c1C(=O)NCc1cccnc1)OC1=CC(=O)C(C(C)=O)C(=O)[C@]12C. The monoisotopic (exact) mass is 436 g/mol. The third-order valence-electron chi connectivity index (χ3n) is 5.77.